The number of likely N-dealkylation sites (tertiary alicyclic amines) is 1. The summed E-state index contributed by atoms with van der Waals surface area (Å²) in [4.78, 5) is 14.7. The standard InChI is InChI=1S/C19H31N3O.2ClH/c1-4-11-22-12-5-6-18(22)19(23)21-13-17(20)16-9-7-15(8-10-16)14(2)3;;/h7-10,14,17-18H,4-6,11-13,20H2,1-3H3,(H,21,23);2*1H. The van der Waals surface area contributed by atoms with Crippen molar-refractivity contribution < 1.29 is 4.79 Å². The number of rotatable bonds is 7. The zero-order valence-electron chi connectivity index (χ0n) is 15.5. The Balaban J connectivity index is 0.00000288. The molecule has 0 aliphatic carbocycles. The summed E-state index contributed by atoms with van der Waals surface area (Å²) in [7, 11) is 0. The molecule has 0 radical (unpaired) electrons. The van der Waals surface area contributed by atoms with Gasteiger partial charge in [-0.1, -0.05) is 45.0 Å². The molecule has 1 saturated heterocycles. The summed E-state index contributed by atoms with van der Waals surface area (Å²) in [5.74, 6) is 0.650. The number of benzene rings is 1. The third-order valence-electron chi connectivity index (χ3n) is 4.70. The van der Waals surface area contributed by atoms with Crippen LogP contribution in [-0.4, -0.2) is 36.5 Å². The first kappa shape index (κ1) is 24.2. The van der Waals surface area contributed by atoms with Crippen molar-refractivity contribution in [1.82, 2.24) is 10.2 Å². The fourth-order valence-electron chi connectivity index (χ4n) is 3.25. The third-order valence-corrected chi connectivity index (χ3v) is 4.70. The Morgan fingerprint density at radius 3 is 2.40 bits per heavy atom. The van der Waals surface area contributed by atoms with Gasteiger partial charge in [0, 0.05) is 12.6 Å². The van der Waals surface area contributed by atoms with Crippen LogP contribution in [0.5, 0.6) is 0 Å². The van der Waals surface area contributed by atoms with Gasteiger partial charge in [0.05, 0.1) is 6.04 Å². The van der Waals surface area contributed by atoms with Crippen molar-refractivity contribution in [3.63, 3.8) is 0 Å². The van der Waals surface area contributed by atoms with Crippen molar-refractivity contribution in [3.05, 3.63) is 35.4 Å². The lowest BCUT2D eigenvalue weighted by atomic mass is 9.99. The van der Waals surface area contributed by atoms with E-state index in [1.807, 2.05) is 0 Å². The van der Waals surface area contributed by atoms with Crippen LogP contribution in [0.4, 0.5) is 0 Å². The lowest BCUT2D eigenvalue weighted by Gasteiger charge is -2.24. The highest BCUT2D eigenvalue weighted by Gasteiger charge is 2.29. The van der Waals surface area contributed by atoms with Crippen LogP contribution in [0.1, 0.15) is 63.1 Å². The Bertz CT molecular complexity index is 508. The number of nitrogens with two attached hydrogens (primary N) is 1. The molecular formula is C19H33Cl2N3O. The molecule has 144 valence electrons. The van der Waals surface area contributed by atoms with Crippen LogP contribution in [0.25, 0.3) is 0 Å². The van der Waals surface area contributed by atoms with Crippen molar-refractivity contribution >= 4 is 30.7 Å². The van der Waals surface area contributed by atoms with Crippen molar-refractivity contribution in [2.45, 2.75) is 58.0 Å². The largest absolute Gasteiger partial charge is 0.353 e. The molecule has 3 N–H and O–H groups in total. The van der Waals surface area contributed by atoms with Crippen LogP contribution in [0, 0.1) is 0 Å². The van der Waals surface area contributed by atoms with Crippen molar-refractivity contribution in [1.29, 1.82) is 0 Å². The third kappa shape index (κ3) is 6.78. The second kappa shape index (κ2) is 11.7. The minimum atomic E-state index is -0.152. The Morgan fingerprint density at radius 2 is 1.84 bits per heavy atom. The van der Waals surface area contributed by atoms with Gasteiger partial charge >= 0.3 is 0 Å². The molecule has 0 aromatic heterocycles. The zero-order chi connectivity index (χ0) is 16.8. The van der Waals surface area contributed by atoms with E-state index in [4.69, 9.17) is 5.73 Å². The van der Waals surface area contributed by atoms with Crippen molar-refractivity contribution in [2.75, 3.05) is 19.6 Å². The quantitative estimate of drug-likeness (QED) is 0.747. The summed E-state index contributed by atoms with van der Waals surface area (Å²) >= 11 is 0. The fourth-order valence-corrected chi connectivity index (χ4v) is 3.25. The maximum absolute atomic E-state index is 12.4. The van der Waals surface area contributed by atoms with E-state index in [1.54, 1.807) is 0 Å². The van der Waals surface area contributed by atoms with Gasteiger partial charge in [-0.05, 0) is 49.4 Å². The van der Waals surface area contributed by atoms with E-state index in [0.717, 1.165) is 37.9 Å². The van der Waals surface area contributed by atoms with Gasteiger partial charge in [0.2, 0.25) is 5.91 Å². The number of hydrogen-bond acceptors (Lipinski definition) is 3. The molecule has 1 aliphatic heterocycles. The predicted molar refractivity (Wildman–Crippen MR) is 110 cm³/mol. The predicted octanol–water partition coefficient (Wildman–Crippen LogP) is 3.64. The average molecular weight is 390 g/mol. The molecule has 2 unspecified atom stereocenters. The summed E-state index contributed by atoms with van der Waals surface area (Å²) in [6.07, 6.45) is 3.16. The van der Waals surface area contributed by atoms with Crippen LogP contribution in [-0.2, 0) is 4.79 Å². The van der Waals surface area contributed by atoms with E-state index in [-0.39, 0.29) is 42.8 Å². The molecule has 0 bridgehead atoms. The lowest BCUT2D eigenvalue weighted by Crippen LogP contribution is -2.45. The highest BCUT2D eigenvalue weighted by molar-refractivity contribution is 5.85. The zero-order valence-corrected chi connectivity index (χ0v) is 17.2. The molecule has 6 heteroatoms. The second-order valence-corrected chi connectivity index (χ2v) is 6.87. The van der Waals surface area contributed by atoms with Crippen LogP contribution < -0.4 is 11.1 Å². The minimum Gasteiger partial charge on any atom is -0.353 e. The first-order valence-electron chi connectivity index (χ1n) is 8.90. The van der Waals surface area contributed by atoms with Crippen LogP contribution >= 0.6 is 24.8 Å². The number of amides is 1. The molecule has 2 atom stereocenters. The summed E-state index contributed by atoms with van der Waals surface area (Å²) in [6.45, 7) is 9.05. The molecule has 1 fully saturated rings. The van der Waals surface area contributed by atoms with Gasteiger partial charge in [0.15, 0.2) is 0 Å². The molecule has 1 amide bonds. The topological polar surface area (TPSA) is 58.4 Å². The smallest absolute Gasteiger partial charge is 0.237 e. The highest BCUT2D eigenvalue weighted by Crippen LogP contribution is 2.19. The van der Waals surface area contributed by atoms with E-state index in [9.17, 15) is 4.79 Å². The molecule has 1 heterocycles. The fraction of sp³-hybridized carbons (Fsp3) is 0.632. The highest BCUT2D eigenvalue weighted by atomic mass is 35.5. The average Bonchev–Trinajstić information content (AvgIpc) is 3.01. The molecular weight excluding hydrogens is 357 g/mol. The van der Waals surface area contributed by atoms with Gasteiger partial charge in [-0.2, -0.15) is 0 Å². The SMILES string of the molecule is CCCN1CCCC1C(=O)NCC(N)c1ccc(C(C)C)cc1.Cl.Cl. The van der Waals surface area contributed by atoms with Gasteiger partial charge < -0.3 is 11.1 Å². The number of carbonyl (C=O) groups is 1. The van der Waals surface area contributed by atoms with E-state index < -0.39 is 0 Å². The van der Waals surface area contributed by atoms with E-state index >= 15 is 0 Å². The molecule has 1 aromatic rings. The molecule has 0 spiro atoms. The second-order valence-electron chi connectivity index (χ2n) is 6.87. The summed E-state index contributed by atoms with van der Waals surface area (Å²) in [5, 5.41) is 3.04. The normalized spacial score (nSPS) is 18.4. The van der Waals surface area contributed by atoms with E-state index in [1.165, 1.54) is 5.56 Å². The Morgan fingerprint density at radius 1 is 1.24 bits per heavy atom. The van der Waals surface area contributed by atoms with E-state index in [0.29, 0.717) is 12.5 Å². The molecule has 0 saturated carbocycles. The van der Waals surface area contributed by atoms with Crippen molar-refractivity contribution in [3.8, 4) is 0 Å². The Hall–Kier alpha value is -0.810. The van der Waals surface area contributed by atoms with Crippen molar-refractivity contribution in [2.24, 2.45) is 5.73 Å². The number of nitrogens with one attached hydrogen (secondary N) is 1. The molecule has 1 aromatic carbocycles. The first-order chi connectivity index (χ1) is 11.0. The van der Waals surface area contributed by atoms with Gasteiger partial charge in [0.25, 0.3) is 0 Å². The van der Waals surface area contributed by atoms with Gasteiger partial charge in [0.1, 0.15) is 0 Å². The minimum absolute atomic E-state index is 0. The number of nitrogens with zero attached hydrogens (tertiary/aromatic N) is 1. The first-order valence-corrected chi connectivity index (χ1v) is 8.90. The number of hydrogen-bond donors (Lipinski definition) is 2. The van der Waals surface area contributed by atoms with Gasteiger partial charge in [-0.25, -0.2) is 0 Å². The number of carbonyl (C=O) groups excluding carboxylic acids is 1. The maximum Gasteiger partial charge on any atom is 0.237 e. The molecule has 2 rings (SSSR count). The van der Waals surface area contributed by atoms with Gasteiger partial charge in [-0.15, -0.1) is 24.8 Å². The molecule has 1 aliphatic rings. The van der Waals surface area contributed by atoms with Crippen LogP contribution in [0.15, 0.2) is 24.3 Å². The summed E-state index contributed by atoms with van der Waals surface area (Å²) < 4.78 is 0. The van der Waals surface area contributed by atoms with Crippen LogP contribution in [0.2, 0.25) is 0 Å². The monoisotopic (exact) mass is 389 g/mol. The lowest BCUT2D eigenvalue weighted by molar-refractivity contribution is -0.125. The summed E-state index contributed by atoms with van der Waals surface area (Å²) in [6, 6.07) is 8.28. The molecule has 4 nitrogen and oxygen atoms in total. The Labute approximate surface area is 164 Å². The number of halogens is 2. The molecule has 25 heavy (non-hydrogen) atoms. The summed E-state index contributed by atoms with van der Waals surface area (Å²) in [5.41, 5.74) is 8.62. The Kier molecular flexibility index (Phi) is 11.4. The van der Waals surface area contributed by atoms with E-state index in [2.05, 4.69) is 55.3 Å². The maximum atomic E-state index is 12.4. The van der Waals surface area contributed by atoms with Crippen LogP contribution in [0.3, 0.4) is 0 Å². The van der Waals surface area contributed by atoms with Gasteiger partial charge in [-0.3, -0.25) is 9.69 Å².